The number of pyridine rings is 2. The van der Waals surface area contributed by atoms with Crippen LogP contribution in [0.25, 0.3) is 0 Å². The highest BCUT2D eigenvalue weighted by Crippen LogP contribution is 2.33. The Morgan fingerprint density at radius 1 is 1.19 bits per heavy atom. The van der Waals surface area contributed by atoms with Gasteiger partial charge in [0.2, 0.25) is 0 Å². The van der Waals surface area contributed by atoms with Gasteiger partial charge in [-0.25, -0.2) is 4.98 Å². The second kappa shape index (κ2) is 9.62. The molecule has 1 aliphatic heterocycles. The van der Waals surface area contributed by atoms with Crippen molar-refractivity contribution in [3.05, 3.63) is 42.0 Å². The number of carbonyl (C=O) groups is 1. The minimum absolute atomic E-state index is 0.0000901. The SMILES string of the molecule is CO[C@@H]1C[C@H](N)CN(c2ccncc2NC(=O)c2nc(C3CCCCC3)ccc2N)C1. The van der Waals surface area contributed by atoms with Gasteiger partial charge in [0.05, 0.1) is 29.4 Å². The van der Waals surface area contributed by atoms with E-state index in [0.29, 0.717) is 30.4 Å². The molecule has 0 aromatic carbocycles. The second-order valence-electron chi connectivity index (χ2n) is 8.61. The first-order valence-electron chi connectivity index (χ1n) is 11.1. The molecule has 1 saturated heterocycles. The Morgan fingerprint density at radius 2 is 2.00 bits per heavy atom. The fourth-order valence-corrected chi connectivity index (χ4v) is 4.69. The predicted octanol–water partition coefficient (Wildman–Crippen LogP) is 2.91. The molecular weight excluding hydrogens is 392 g/mol. The maximum absolute atomic E-state index is 13.1. The number of aromatic nitrogens is 2. The summed E-state index contributed by atoms with van der Waals surface area (Å²) in [6.07, 6.45) is 10.1. The van der Waals surface area contributed by atoms with Crippen molar-refractivity contribution in [1.29, 1.82) is 0 Å². The Morgan fingerprint density at radius 3 is 2.77 bits per heavy atom. The number of ether oxygens (including phenoxy) is 1. The van der Waals surface area contributed by atoms with Gasteiger partial charge in [-0.15, -0.1) is 0 Å². The molecule has 0 radical (unpaired) electrons. The minimum Gasteiger partial charge on any atom is -0.397 e. The van der Waals surface area contributed by atoms with Gasteiger partial charge in [0.1, 0.15) is 0 Å². The molecule has 31 heavy (non-hydrogen) atoms. The Balaban J connectivity index is 1.55. The lowest BCUT2D eigenvalue weighted by Gasteiger charge is -2.37. The zero-order valence-corrected chi connectivity index (χ0v) is 18.1. The molecule has 0 spiro atoms. The lowest BCUT2D eigenvalue weighted by molar-refractivity contribution is 0.0836. The number of piperidine rings is 1. The van der Waals surface area contributed by atoms with Crippen molar-refractivity contribution in [2.45, 2.75) is 56.6 Å². The van der Waals surface area contributed by atoms with E-state index in [1.165, 1.54) is 19.3 Å². The van der Waals surface area contributed by atoms with E-state index in [4.69, 9.17) is 16.2 Å². The number of nitrogens with two attached hydrogens (primary N) is 2. The second-order valence-corrected chi connectivity index (χ2v) is 8.61. The lowest BCUT2D eigenvalue weighted by Crippen LogP contribution is -2.50. The van der Waals surface area contributed by atoms with Gasteiger partial charge >= 0.3 is 0 Å². The smallest absolute Gasteiger partial charge is 0.276 e. The van der Waals surface area contributed by atoms with Crippen molar-refractivity contribution in [2.75, 3.05) is 36.1 Å². The Labute approximate surface area is 183 Å². The zero-order chi connectivity index (χ0) is 21.8. The van der Waals surface area contributed by atoms with Gasteiger partial charge in [-0.05, 0) is 37.5 Å². The molecule has 1 aliphatic carbocycles. The molecule has 1 amide bonds. The van der Waals surface area contributed by atoms with Crippen molar-refractivity contribution < 1.29 is 9.53 Å². The monoisotopic (exact) mass is 424 g/mol. The number of carbonyl (C=O) groups excluding carboxylic acids is 1. The number of amides is 1. The lowest BCUT2D eigenvalue weighted by atomic mass is 9.86. The summed E-state index contributed by atoms with van der Waals surface area (Å²) >= 11 is 0. The van der Waals surface area contributed by atoms with Crippen LogP contribution in [0.1, 0.15) is 60.6 Å². The summed E-state index contributed by atoms with van der Waals surface area (Å²) in [5.74, 6) is 0.0738. The molecule has 3 heterocycles. The number of hydrogen-bond donors (Lipinski definition) is 3. The molecule has 2 aromatic rings. The highest BCUT2D eigenvalue weighted by Gasteiger charge is 2.27. The first-order chi connectivity index (χ1) is 15.0. The molecule has 2 aliphatic rings. The maximum Gasteiger partial charge on any atom is 0.276 e. The van der Waals surface area contributed by atoms with Crippen LogP contribution in [-0.4, -0.2) is 48.2 Å². The molecule has 0 unspecified atom stereocenters. The molecule has 166 valence electrons. The van der Waals surface area contributed by atoms with E-state index in [1.807, 2.05) is 12.1 Å². The minimum atomic E-state index is -0.325. The molecule has 8 heteroatoms. The van der Waals surface area contributed by atoms with Gasteiger partial charge in [-0.3, -0.25) is 9.78 Å². The van der Waals surface area contributed by atoms with Crippen molar-refractivity contribution in [1.82, 2.24) is 9.97 Å². The quantitative estimate of drug-likeness (QED) is 0.675. The molecule has 2 fully saturated rings. The Kier molecular flexibility index (Phi) is 6.67. The van der Waals surface area contributed by atoms with Gasteiger partial charge in [0, 0.05) is 44.0 Å². The number of hydrogen-bond acceptors (Lipinski definition) is 7. The van der Waals surface area contributed by atoms with E-state index >= 15 is 0 Å². The highest BCUT2D eigenvalue weighted by molar-refractivity contribution is 6.07. The third-order valence-corrected chi connectivity index (χ3v) is 6.35. The van der Waals surface area contributed by atoms with Crippen molar-refractivity contribution in [3.8, 4) is 0 Å². The van der Waals surface area contributed by atoms with Crippen LogP contribution in [0.4, 0.5) is 17.1 Å². The predicted molar refractivity (Wildman–Crippen MR) is 122 cm³/mol. The van der Waals surface area contributed by atoms with E-state index in [9.17, 15) is 4.79 Å². The van der Waals surface area contributed by atoms with Crippen molar-refractivity contribution >= 4 is 23.0 Å². The number of nitrogens with one attached hydrogen (secondary N) is 1. The Bertz CT molecular complexity index is 915. The van der Waals surface area contributed by atoms with Crippen LogP contribution in [0.5, 0.6) is 0 Å². The van der Waals surface area contributed by atoms with Gasteiger partial charge in [-0.1, -0.05) is 19.3 Å². The van der Waals surface area contributed by atoms with Crippen LogP contribution in [0.3, 0.4) is 0 Å². The molecule has 1 saturated carbocycles. The van der Waals surface area contributed by atoms with E-state index in [-0.39, 0.29) is 23.7 Å². The van der Waals surface area contributed by atoms with E-state index in [2.05, 4.69) is 20.2 Å². The average molecular weight is 425 g/mol. The van der Waals surface area contributed by atoms with Gasteiger partial charge in [-0.2, -0.15) is 0 Å². The molecular formula is C23H32N6O2. The van der Waals surface area contributed by atoms with E-state index in [0.717, 1.165) is 30.6 Å². The summed E-state index contributed by atoms with van der Waals surface area (Å²) in [6.45, 7) is 1.39. The summed E-state index contributed by atoms with van der Waals surface area (Å²) < 4.78 is 5.54. The maximum atomic E-state index is 13.1. The number of nitrogens with zero attached hydrogens (tertiary/aromatic N) is 3. The van der Waals surface area contributed by atoms with Crippen LogP contribution in [0.2, 0.25) is 0 Å². The van der Waals surface area contributed by atoms with Gasteiger partial charge < -0.3 is 26.4 Å². The topological polar surface area (TPSA) is 119 Å². The molecule has 2 atom stereocenters. The largest absolute Gasteiger partial charge is 0.397 e. The number of rotatable bonds is 5. The summed E-state index contributed by atoms with van der Waals surface area (Å²) in [5, 5.41) is 2.98. The van der Waals surface area contributed by atoms with Crippen LogP contribution in [-0.2, 0) is 4.74 Å². The summed E-state index contributed by atoms with van der Waals surface area (Å²) in [4.78, 5) is 24.1. The van der Waals surface area contributed by atoms with Crippen LogP contribution < -0.4 is 21.7 Å². The summed E-state index contributed by atoms with van der Waals surface area (Å²) in [5.41, 5.74) is 15.4. The molecule has 2 aromatic heterocycles. The highest BCUT2D eigenvalue weighted by atomic mass is 16.5. The normalized spacial score (nSPS) is 22.3. The third kappa shape index (κ3) is 4.97. The number of anilines is 3. The number of methoxy groups -OCH3 is 1. The third-order valence-electron chi connectivity index (χ3n) is 6.35. The first kappa shape index (κ1) is 21.5. The van der Waals surface area contributed by atoms with Crippen LogP contribution >= 0.6 is 0 Å². The molecule has 8 nitrogen and oxygen atoms in total. The fourth-order valence-electron chi connectivity index (χ4n) is 4.69. The Hall–Kier alpha value is -2.71. The van der Waals surface area contributed by atoms with Gasteiger partial charge in [0.25, 0.3) is 5.91 Å². The molecule has 4 rings (SSSR count). The summed E-state index contributed by atoms with van der Waals surface area (Å²) in [6, 6.07) is 5.63. The fraction of sp³-hybridized carbons (Fsp3) is 0.522. The van der Waals surface area contributed by atoms with Crippen LogP contribution in [0, 0.1) is 0 Å². The molecule has 5 N–H and O–H groups in total. The van der Waals surface area contributed by atoms with Gasteiger partial charge in [0.15, 0.2) is 5.69 Å². The summed E-state index contributed by atoms with van der Waals surface area (Å²) in [7, 11) is 1.70. The van der Waals surface area contributed by atoms with Crippen molar-refractivity contribution in [2.24, 2.45) is 5.73 Å². The molecule has 0 bridgehead atoms. The first-order valence-corrected chi connectivity index (χ1v) is 11.1. The van der Waals surface area contributed by atoms with Crippen LogP contribution in [0.15, 0.2) is 30.6 Å². The van der Waals surface area contributed by atoms with E-state index < -0.39 is 0 Å². The average Bonchev–Trinajstić information content (AvgIpc) is 2.79. The zero-order valence-electron chi connectivity index (χ0n) is 18.1. The number of nitrogen functional groups attached to an aromatic ring is 1. The van der Waals surface area contributed by atoms with Crippen molar-refractivity contribution in [3.63, 3.8) is 0 Å². The standard InChI is InChI=1S/C23H32N6O2/c1-31-17-11-16(24)13-29(14-17)21-9-10-26-12-20(21)28-23(30)22-18(25)7-8-19(27-22)15-5-3-2-4-6-15/h7-10,12,15-17H,2-6,11,13-14,24-25H2,1H3,(H,28,30)/t16-,17+/m0/s1. The van der Waals surface area contributed by atoms with E-state index in [1.54, 1.807) is 25.6 Å².